The van der Waals surface area contributed by atoms with E-state index in [9.17, 15) is 0 Å². The second kappa shape index (κ2) is 38.0. The minimum absolute atomic E-state index is 0. The van der Waals surface area contributed by atoms with E-state index in [2.05, 4.69) is 50.5 Å². The van der Waals surface area contributed by atoms with Gasteiger partial charge in [-0.1, -0.05) is 0 Å². The van der Waals surface area contributed by atoms with Crippen LogP contribution in [0.5, 0.6) is 0 Å². The quantitative estimate of drug-likeness (QED) is 0.295. The first-order valence-electron chi connectivity index (χ1n) is 4.99. The molecule has 0 heterocycles. The molecule has 0 aliphatic heterocycles. The summed E-state index contributed by atoms with van der Waals surface area (Å²) in [4.78, 5) is 36.5. The molecule has 0 aliphatic carbocycles. The van der Waals surface area contributed by atoms with Gasteiger partial charge < -0.3 is 62.5 Å². The number of halogens is 2. The molecule has 0 saturated carbocycles. The average molecular weight is 474 g/mol. The first-order valence-corrected chi connectivity index (χ1v) is 5.61. The van der Waals surface area contributed by atoms with Crippen LogP contribution in [0.2, 0.25) is 0 Å². The van der Waals surface area contributed by atoms with Crippen molar-refractivity contribution in [3.63, 3.8) is 0 Å². The molecule has 0 bridgehead atoms. The summed E-state index contributed by atoms with van der Waals surface area (Å²) in [7, 11) is 0. The van der Waals surface area contributed by atoms with Crippen LogP contribution < -0.4 is 43.4 Å². The Morgan fingerprint density at radius 3 is 0.667 bits per heavy atom. The second-order valence-corrected chi connectivity index (χ2v) is 2.83. The van der Waals surface area contributed by atoms with E-state index in [1.165, 1.54) is 0 Å². The van der Waals surface area contributed by atoms with Crippen LogP contribution in [0.4, 0.5) is 0 Å². The monoisotopic (exact) mass is 472 g/mol. The molecule has 16 heteroatoms. The molecule has 0 aromatic heterocycles. The molecule has 140 valence electrons. The zero-order valence-corrected chi connectivity index (χ0v) is 16.0. The molecular formula is C8H16Cl2N4O9Zr. The second-order valence-electron chi connectivity index (χ2n) is 2.36. The van der Waals surface area contributed by atoms with E-state index in [-0.39, 0.29) is 52.4 Å². The standard InChI is InChI=1S/4C2H5NO2.Cl2O.Zr/c4*3-1-2(4)5;1-3-2;/h4*1,3H2,(H,4,5);;/q;;;;;+4/p-4. The maximum absolute atomic E-state index is 9.13. The molecule has 0 aromatic carbocycles. The number of rotatable bonds is 4. The molecule has 13 nitrogen and oxygen atoms in total. The van der Waals surface area contributed by atoms with Gasteiger partial charge in [-0.15, -0.1) is 0 Å². The molecule has 0 fully saturated rings. The van der Waals surface area contributed by atoms with Gasteiger partial charge in [0.2, 0.25) is 0 Å². The Kier molecular flexibility index (Phi) is 61.1. The zero-order valence-electron chi connectivity index (χ0n) is 12.1. The van der Waals surface area contributed by atoms with Crippen molar-refractivity contribution in [2.75, 3.05) is 26.2 Å². The van der Waals surface area contributed by atoms with Crippen LogP contribution in [0.15, 0.2) is 0 Å². The van der Waals surface area contributed by atoms with Gasteiger partial charge in [0.1, 0.15) is 0 Å². The van der Waals surface area contributed by atoms with E-state index >= 15 is 0 Å². The molecule has 0 aromatic rings. The molecule has 0 radical (unpaired) electrons. The Labute approximate surface area is 166 Å². The number of carboxylic acids is 4. The van der Waals surface area contributed by atoms with Crippen LogP contribution in [-0.4, -0.2) is 50.1 Å². The number of carboxylic acid groups (broad SMARTS) is 4. The van der Waals surface area contributed by atoms with Crippen molar-refractivity contribution in [3.05, 3.63) is 0 Å². The molecule has 0 amide bonds. The summed E-state index contributed by atoms with van der Waals surface area (Å²) in [5, 5.41) is 36.5. The normalized spacial score (nSPS) is 6.92. The summed E-state index contributed by atoms with van der Waals surface area (Å²) in [6, 6.07) is 0. The van der Waals surface area contributed by atoms with Crippen molar-refractivity contribution in [1.29, 1.82) is 0 Å². The summed E-state index contributed by atoms with van der Waals surface area (Å²) in [5.41, 5.74) is 18.0. The molecule has 0 spiro atoms. The fourth-order valence-electron chi connectivity index (χ4n) is 0. The number of nitrogens with two attached hydrogens (primary N) is 4. The first-order chi connectivity index (χ1) is 10.5. The average Bonchev–Trinajstić information content (AvgIpc) is 2.49. The van der Waals surface area contributed by atoms with Crippen molar-refractivity contribution >= 4 is 47.6 Å². The third-order valence-corrected chi connectivity index (χ3v) is 0.667. The van der Waals surface area contributed by atoms with Crippen LogP contribution in [0, 0.1) is 0 Å². The maximum atomic E-state index is 9.13. The van der Waals surface area contributed by atoms with Crippen molar-refractivity contribution in [1.82, 2.24) is 0 Å². The Bertz CT molecular complexity index is 257. The van der Waals surface area contributed by atoms with Gasteiger partial charge in [-0.25, -0.2) is 0 Å². The maximum Gasteiger partial charge on any atom is 4.00 e. The number of aliphatic carboxylic acids is 4. The third kappa shape index (κ3) is 168. The molecule has 0 unspecified atom stereocenters. The number of carbonyl (C=O) groups is 4. The van der Waals surface area contributed by atoms with Gasteiger partial charge in [0, 0.05) is 26.2 Å². The Morgan fingerprint density at radius 1 is 0.625 bits per heavy atom. The van der Waals surface area contributed by atoms with E-state index in [1.54, 1.807) is 0 Å². The summed E-state index contributed by atoms with van der Waals surface area (Å²) in [6.45, 7) is -1.56. The first kappa shape index (κ1) is 38.6. The van der Waals surface area contributed by atoms with Crippen LogP contribution in [-0.2, 0) is 49.2 Å². The number of hydrogen-bond acceptors (Lipinski definition) is 13. The van der Waals surface area contributed by atoms with E-state index < -0.39 is 23.9 Å². The topological polar surface area (TPSA) is 274 Å². The van der Waals surface area contributed by atoms with E-state index in [0.29, 0.717) is 0 Å². The summed E-state index contributed by atoms with van der Waals surface area (Å²) in [5.74, 6) is -4.87. The van der Waals surface area contributed by atoms with Gasteiger partial charge in [-0.3, -0.25) is 0 Å². The van der Waals surface area contributed by atoms with Crippen molar-refractivity contribution in [3.8, 4) is 0 Å². The Balaban J connectivity index is -0.0000000422. The van der Waals surface area contributed by atoms with Crippen LogP contribution in [0.3, 0.4) is 0 Å². The minimum Gasteiger partial charge on any atom is -0.549 e. The molecule has 8 N–H and O–H groups in total. The molecule has 0 saturated heterocycles. The van der Waals surface area contributed by atoms with E-state index in [4.69, 9.17) is 39.6 Å². The summed E-state index contributed by atoms with van der Waals surface area (Å²) < 4.78 is 3.19. The molecular weight excluding hydrogens is 458 g/mol. The third-order valence-electron chi connectivity index (χ3n) is 0.667. The van der Waals surface area contributed by atoms with Gasteiger partial charge in [-0.05, 0) is 0 Å². The Morgan fingerprint density at radius 2 is 0.667 bits per heavy atom. The zero-order chi connectivity index (χ0) is 19.8. The smallest absolute Gasteiger partial charge is 0.549 e. The predicted octanol–water partition coefficient (Wildman–Crippen LogP) is -7.91. The molecule has 0 rings (SSSR count). The summed E-state index contributed by atoms with van der Waals surface area (Å²) in [6.07, 6.45) is 0. The Hall–Kier alpha value is -0.857. The van der Waals surface area contributed by atoms with Crippen molar-refractivity contribution < 1.29 is 69.6 Å². The van der Waals surface area contributed by atoms with Gasteiger partial charge in [0.15, 0.2) is 0 Å². The molecule has 0 aliphatic rings. The predicted molar refractivity (Wildman–Crippen MR) is 69.0 cm³/mol. The van der Waals surface area contributed by atoms with Gasteiger partial charge in [0.05, 0.1) is 47.6 Å². The minimum atomic E-state index is -1.22. The van der Waals surface area contributed by atoms with E-state index in [1.807, 2.05) is 0 Å². The fourth-order valence-corrected chi connectivity index (χ4v) is 0. The van der Waals surface area contributed by atoms with Gasteiger partial charge in [-0.2, -0.15) is 3.84 Å². The SMILES string of the molecule is ClOCl.NCC(=O)[O-].NCC(=O)[O-].NCC(=O)[O-].NCC(=O)[O-].[Zr+4]. The largest absolute Gasteiger partial charge is 4.00 e. The van der Waals surface area contributed by atoms with Crippen LogP contribution in [0.1, 0.15) is 0 Å². The van der Waals surface area contributed by atoms with Gasteiger partial charge in [0.25, 0.3) is 0 Å². The van der Waals surface area contributed by atoms with E-state index in [0.717, 1.165) is 0 Å². The van der Waals surface area contributed by atoms with Crippen LogP contribution in [0.25, 0.3) is 0 Å². The molecule has 0 atom stereocenters. The number of carbonyl (C=O) groups excluding carboxylic acids is 4. The summed E-state index contributed by atoms with van der Waals surface area (Å²) >= 11 is 8.53. The fraction of sp³-hybridized carbons (Fsp3) is 0.500. The molecule has 24 heavy (non-hydrogen) atoms. The van der Waals surface area contributed by atoms with Crippen molar-refractivity contribution in [2.24, 2.45) is 22.9 Å². The van der Waals surface area contributed by atoms with Gasteiger partial charge >= 0.3 is 26.2 Å². The van der Waals surface area contributed by atoms with Crippen molar-refractivity contribution in [2.45, 2.75) is 0 Å². The number of hydrogen-bond donors (Lipinski definition) is 4. The van der Waals surface area contributed by atoms with Crippen LogP contribution >= 0.6 is 23.7 Å².